The van der Waals surface area contributed by atoms with E-state index in [4.69, 9.17) is 19.9 Å². The Morgan fingerprint density at radius 1 is 1.20 bits per heavy atom. The molecule has 5 nitrogen and oxygen atoms in total. The Morgan fingerprint density at radius 3 is 2.55 bits per heavy atom. The van der Waals surface area contributed by atoms with Crippen molar-refractivity contribution in [3.05, 3.63) is 40.1 Å². The molecule has 1 aromatic heterocycles. The molecule has 20 heavy (non-hydrogen) atoms. The van der Waals surface area contributed by atoms with Crippen LogP contribution in [0.4, 0.5) is 5.69 Å². The van der Waals surface area contributed by atoms with Crippen LogP contribution >= 0.6 is 11.3 Å². The summed E-state index contributed by atoms with van der Waals surface area (Å²) in [6, 6.07) is 7.02. The van der Waals surface area contributed by atoms with E-state index in [0.29, 0.717) is 22.1 Å². The summed E-state index contributed by atoms with van der Waals surface area (Å²) in [5.41, 5.74) is 6.92. The zero-order valence-electron chi connectivity index (χ0n) is 11.2. The van der Waals surface area contributed by atoms with Crippen molar-refractivity contribution in [2.24, 2.45) is 0 Å². The fourth-order valence-corrected chi connectivity index (χ4v) is 2.38. The molecule has 0 fully saturated rings. The summed E-state index contributed by atoms with van der Waals surface area (Å²) >= 11 is 1.26. The van der Waals surface area contributed by atoms with Crippen LogP contribution in [0.1, 0.15) is 15.2 Å². The number of hydrogen-bond donors (Lipinski definition) is 1. The van der Waals surface area contributed by atoms with Crippen LogP contribution in [0.25, 0.3) is 0 Å². The molecule has 0 atom stereocenters. The van der Waals surface area contributed by atoms with E-state index in [0.717, 1.165) is 5.56 Å². The normalized spacial score (nSPS) is 10.1. The summed E-state index contributed by atoms with van der Waals surface area (Å²) in [6.45, 7) is 0.149. The summed E-state index contributed by atoms with van der Waals surface area (Å²) in [6.07, 6.45) is 0. The lowest BCUT2D eigenvalue weighted by atomic mass is 10.2. The predicted molar refractivity (Wildman–Crippen MR) is 77.4 cm³/mol. The number of methoxy groups -OCH3 is 2. The van der Waals surface area contributed by atoms with E-state index < -0.39 is 5.97 Å². The van der Waals surface area contributed by atoms with Crippen molar-refractivity contribution in [3.63, 3.8) is 0 Å². The molecular formula is C14H15NO4S. The van der Waals surface area contributed by atoms with E-state index in [2.05, 4.69) is 0 Å². The van der Waals surface area contributed by atoms with Gasteiger partial charge < -0.3 is 19.9 Å². The highest BCUT2D eigenvalue weighted by molar-refractivity contribution is 7.12. The molecule has 0 aliphatic carbocycles. The summed E-state index contributed by atoms with van der Waals surface area (Å²) in [5, 5.41) is 1.75. The third kappa shape index (κ3) is 3.03. The first-order valence-electron chi connectivity index (χ1n) is 5.86. The summed E-state index contributed by atoms with van der Waals surface area (Å²) in [7, 11) is 3.12. The molecule has 1 aromatic carbocycles. The van der Waals surface area contributed by atoms with Gasteiger partial charge in [0.1, 0.15) is 11.5 Å². The molecule has 2 rings (SSSR count). The van der Waals surface area contributed by atoms with Crippen molar-refractivity contribution < 1.29 is 19.0 Å². The maximum absolute atomic E-state index is 11.8. The van der Waals surface area contributed by atoms with Crippen molar-refractivity contribution in [2.45, 2.75) is 6.61 Å². The minimum absolute atomic E-state index is 0.149. The first kappa shape index (κ1) is 14.2. The maximum atomic E-state index is 11.8. The third-order valence-electron chi connectivity index (χ3n) is 2.70. The van der Waals surface area contributed by atoms with Gasteiger partial charge in [-0.05, 0) is 29.1 Å². The Morgan fingerprint density at radius 2 is 1.95 bits per heavy atom. The van der Waals surface area contributed by atoms with Gasteiger partial charge in [0.15, 0.2) is 11.5 Å². The fraction of sp³-hybridized carbons (Fsp3) is 0.214. The Kier molecular flexibility index (Phi) is 4.47. The Bertz CT molecular complexity index is 609. The van der Waals surface area contributed by atoms with Gasteiger partial charge in [-0.1, -0.05) is 6.07 Å². The van der Waals surface area contributed by atoms with Crippen molar-refractivity contribution in [1.82, 2.24) is 0 Å². The Balaban J connectivity index is 2.04. The highest BCUT2D eigenvalue weighted by Crippen LogP contribution is 2.28. The van der Waals surface area contributed by atoms with Crippen molar-refractivity contribution >= 4 is 23.0 Å². The minimum Gasteiger partial charge on any atom is -0.493 e. The van der Waals surface area contributed by atoms with Crippen molar-refractivity contribution in [3.8, 4) is 11.5 Å². The lowest BCUT2D eigenvalue weighted by Crippen LogP contribution is -2.05. The highest BCUT2D eigenvalue weighted by atomic mass is 32.1. The van der Waals surface area contributed by atoms with Crippen LogP contribution in [0.15, 0.2) is 29.6 Å². The van der Waals surface area contributed by atoms with E-state index in [1.165, 1.54) is 11.3 Å². The van der Waals surface area contributed by atoms with Gasteiger partial charge in [0.05, 0.1) is 19.9 Å². The number of nitrogens with two attached hydrogens (primary N) is 1. The van der Waals surface area contributed by atoms with E-state index in [9.17, 15) is 4.79 Å². The topological polar surface area (TPSA) is 70.8 Å². The molecule has 2 aromatic rings. The zero-order valence-corrected chi connectivity index (χ0v) is 12.0. The van der Waals surface area contributed by atoms with Crippen molar-refractivity contribution in [1.29, 1.82) is 0 Å². The van der Waals surface area contributed by atoms with Gasteiger partial charge in [-0.3, -0.25) is 0 Å². The molecule has 0 amide bonds. The van der Waals surface area contributed by atoms with E-state index >= 15 is 0 Å². The first-order chi connectivity index (χ1) is 9.65. The van der Waals surface area contributed by atoms with Gasteiger partial charge in [0, 0.05) is 0 Å². The molecule has 106 valence electrons. The van der Waals surface area contributed by atoms with Gasteiger partial charge in [-0.15, -0.1) is 11.3 Å². The number of esters is 1. The molecule has 0 aliphatic heterocycles. The van der Waals surface area contributed by atoms with Gasteiger partial charge in [-0.2, -0.15) is 0 Å². The summed E-state index contributed by atoms with van der Waals surface area (Å²) in [5.74, 6) is 0.800. The largest absolute Gasteiger partial charge is 0.493 e. The SMILES string of the molecule is COc1ccc(COC(=O)c2sccc2N)cc1OC. The Hall–Kier alpha value is -2.21. The number of nitrogen functional groups attached to an aromatic ring is 1. The second kappa shape index (κ2) is 6.29. The standard InChI is InChI=1S/C14H15NO4S/c1-17-11-4-3-9(7-12(11)18-2)8-19-14(16)13-10(15)5-6-20-13/h3-7H,8,15H2,1-2H3. The van der Waals surface area contributed by atoms with Gasteiger partial charge in [0.2, 0.25) is 0 Å². The molecule has 0 aliphatic rings. The molecule has 6 heteroatoms. The first-order valence-corrected chi connectivity index (χ1v) is 6.74. The quantitative estimate of drug-likeness (QED) is 0.858. The van der Waals surface area contributed by atoms with E-state index in [-0.39, 0.29) is 6.61 Å². The molecule has 0 spiro atoms. The number of carbonyl (C=O) groups is 1. The number of thiophene rings is 1. The Labute approximate surface area is 120 Å². The maximum Gasteiger partial charge on any atom is 0.350 e. The lowest BCUT2D eigenvalue weighted by Gasteiger charge is -2.10. The van der Waals surface area contributed by atoms with Crippen LogP contribution in [0.2, 0.25) is 0 Å². The lowest BCUT2D eigenvalue weighted by molar-refractivity contribution is 0.0479. The minimum atomic E-state index is -0.424. The van der Waals surface area contributed by atoms with Crippen LogP contribution in [0.3, 0.4) is 0 Å². The molecule has 2 N–H and O–H groups in total. The average molecular weight is 293 g/mol. The molecule has 1 heterocycles. The van der Waals surface area contributed by atoms with E-state index in [1.807, 2.05) is 6.07 Å². The molecule has 0 saturated carbocycles. The fourth-order valence-electron chi connectivity index (χ4n) is 1.67. The van der Waals surface area contributed by atoms with Crippen LogP contribution in [-0.4, -0.2) is 20.2 Å². The summed E-state index contributed by atoms with van der Waals surface area (Å²) in [4.78, 5) is 12.3. The van der Waals surface area contributed by atoms with Gasteiger partial charge in [0.25, 0.3) is 0 Å². The second-order valence-corrected chi connectivity index (χ2v) is 4.89. The van der Waals surface area contributed by atoms with Crippen molar-refractivity contribution in [2.75, 3.05) is 20.0 Å². The highest BCUT2D eigenvalue weighted by Gasteiger charge is 2.13. The number of carbonyl (C=O) groups excluding carboxylic acids is 1. The summed E-state index contributed by atoms with van der Waals surface area (Å²) < 4.78 is 15.6. The van der Waals surface area contributed by atoms with Crippen LogP contribution in [0.5, 0.6) is 11.5 Å². The second-order valence-electron chi connectivity index (χ2n) is 3.97. The van der Waals surface area contributed by atoms with Gasteiger partial charge >= 0.3 is 5.97 Å². The molecule has 0 unspecified atom stereocenters. The zero-order chi connectivity index (χ0) is 14.5. The number of hydrogen-bond acceptors (Lipinski definition) is 6. The smallest absolute Gasteiger partial charge is 0.350 e. The van der Waals surface area contributed by atoms with Crippen LogP contribution in [0, 0.1) is 0 Å². The molecule has 0 saturated heterocycles. The molecule has 0 bridgehead atoms. The number of anilines is 1. The molecular weight excluding hydrogens is 278 g/mol. The van der Waals surface area contributed by atoms with Crippen LogP contribution < -0.4 is 15.2 Å². The van der Waals surface area contributed by atoms with Crippen LogP contribution in [-0.2, 0) is 11.3 Å². The predicted octanol–water partition coefficient (Wildman–Crippen LogP) is 2.70. The molecule has 0 radical (unpaired) electrons. The number of ether oxygens (including phenoxy) is 3. The number of rotatable bonds is 5. The van der Waals surface area contributed by atoms with E-state index in [1.54, 1.807) is 37.8 Å². The monoisotopic (exact) mass is 293 g/mol. The van der Waals surface area contributed by atoms with Gasteiger partial charge in [-0.25, -0.2) is 4.79 Å². The average Bonchev–Trinajstić information content (AvgIpc) is 2.90. The third-order valence-corrected chi connectivity index (χ3v) is 3.61. The number of benzene rings is 1.